The molecule has 0 bridgehead atoms. The van der Waals surface area contributed by atoms with Crippen LogP contribution in [0.5, 0.6) is 0 Å². The summed E-state index contributed by atoms with van der Waals surface area (Å²) in [7, 11) is 0. The first-order valence-corrected chi connectivity index (χ1v) is 10.4. The van der Waals surface area contributed by atoms with Crippen LogP contribution in [0.3, 0.4) is 0 Å². The van der Waals surface area contributed by atoms with Gasteiger partial charge in [0, 0.05) is 4.88 Å². The van der Waals surface area contributed by atoms with E-state index in [1.165, 1.54) is 29.1 Å². The zero-order valence-corrected chi connectivity index (χ0v) is 16.1. The van der Waals surface area contributed by atoms with E-state index in [0.717, 1.165) is 25.0 Å². The lowest BCUT2D eigenvalue weighted by molar-refractivity contribution is -0.118. The molecule has 5 nitrogen and oxygen atoms in total. The molecule has 1 atom stereocenters. The van der Waals surface area contributed by atoms with Gasteiger partial charge in [-0.2, -0.15) is 0 Å². The molecule has 1 unspecified atom stereocenters. The number of aryl methyl sites for hydroxylation is 2. The highest BCUT2D eigenvalue weighted by Crippen LogP contribution is 2.29. The van der Waals surface area contributed by atoms with Gasteiger partial charge in [-0.15, -0.1) is 22.7 Å². The van der Waals surface area contributed by atoms with E-state index in [-0.39, 0.29) is 17.7 Å². The molecule has 2 aromatic rings. The fraction of sp³-hybridized carbons (Fsp3) is 0.500. The quantitative estimate of drug-likeness (QED) is 0.777. The summed E-state index contributed by atoms with van der Waals surface area (Å²) in [6, 6.07) is 3.00. The zero-order valence-electron chi connectivity index (χ0n) is 14.5. The fourth-order valence-corrected chi connectivity index (χ4v) is 4.60. The number of anilines is 1. The molecule has 0 saturated carbocycles. The number of thiophene rings is 1. The van der Waals surface area contributed by atoms with Crippen molar-refractivity contribution in [1.82, 2.24) is 10.3 Å². The van der Waals surface area contributed by atoms with E-state index in [1.54, 1.807) is 17.4 Å². The molecular weight excluding hydrogens is 354 g/mol. The number of hydrogen-bond acceptors (Lipinski definition) is 5. The monoisotopic (exact) mass is 377 g/mol. The lowest BCUT2D eigenvalue weighted by atomic mass is 10.0. The van der Waals surface area contributed by atoms with Gasteiger partial charge in [-0.1, -0.05) is 26.3 Å². The number of hydrogen-bond donors (Lipinski definition) is 2. The summed E-state index contributed by atoms with van der Waals surface area (Å²) in [5.74, 6) is -0.427. The number of nitrogens with zero attached hydrogens (tertiary/aromatic N) is 1. The van der Waals surface area contributed by atoms with Crippen molar-refractivity contribution < 1.29 is 9.59 Å². The molecule has 0 aromatic carbocycles. The molecule has 0 radical (unpaired) electrons. The third-order valence-corrected chi connectivity index (χ3v) is 6.25. The first-order chi connectivity index (χ1) is 12.0. The van der Waals surface area contributed by atoms with Gasteiger partial charge >= 0.3 is 0 Å². The smallest absolute Gasteiger partial charge is 0.262 e. The van der Waals surface area contributed by atoms with Crippen LogP contribution in [0.15, 0.2) is 17.5 Å². The van der Waals surface area contributed by atoms with Gasteiger partial charge in [-0.25, -0.2) is 4.98 Å². The molecule has 7 heteroatoms. The third-order valence-electron chi connectivity index (χ3n) is 4.31. The Balaban J connectivity index is 1.68. The van der Waals surface area contributed by atoms with Crippen molar-refractivity contribution in [1.29, 1.82) is 0 Å². The number of fused-ring (bicyclic) bond motifs is 1. The Morgan fingerprint density at radius 3 is 2.72 bits per heavy atom. The topological polar surface area (TPSA) is 71.1 Å². The molecular formula is C18H23N3O2S2. The van der Waals surface area contributed by atoms with Gasteiger partial charge in [0.05, 0.1) is 10.6 Å². The van der Waals surface area contributed by atoms with Crippen LogP contribution in [0.1, 0.15) is 53.4 Å². The zero-order chi connectivity index (χ0) is 17.8. The maximum Gasteiger partial charge on any atom is 0.262 e. The summed E-state index contributed by atoms with van der Waals surface area (Å²) in [6.45, 7) is 3.85. The van der Waals surface area contributed by atoms with Crippen molar-refractivity contribution in [3.63, 3.8) is 0 Å². The second-order valence-electron chi connectivity index (χ2n) is 6.61. The Kier molecular flexibility index (Phi) is 5.86. The lowest BCUT2D eigenvalue weighted by Gasteiger charge is -2.20. The summed E-state index contributed by atoms with van der Waals surface area (Å²) in [4.78, 5) is 31.5. The first-order valence-electron chi connectivity index (χ1n) is 8.68. The first kappa shape index (κ1) is 18.1. The molecule has 0 spiro atoms. The number of carbonyl (C=O) groups excluding carboxylic acids is 2. The number of amides is 2. The minimum absolute atomic E-state index is 0.0123. The van der Waals surface area contributed by atoms with E-state index in [4.69, 9.17) is 0 Å². The van der Waals surface area contributed by atoms with E-state index in [2.05, 4.69) is 15.6 Å². The summed E-state index contributed by atoms with van der Waals surface area (Å²) in [5.41, 5.74) is 1.13. The van der Waals surface area contributed by atoms with Crippen molar-refractivity contribution in [2.45, 2.75) is 52.0 Å². The molecule has 25 heavy (non-hydrogen) atoms. The van der Waals surface area contributed by atoms with E-state index in [1.807, 2.05) is 25.3 Å². The van der Waals surface area contributed by atoms with Gasteiger partial charge in [0.2, 0.25) is 5.91 Å². The van der Waals surface area contributed by atoms with E-state index in [0.29, 0.717) is 10.0 Å². The molecule has 2 heterocycles. The summed E-state index contributed by atoms with van der Waals surface area (Å²) in [5, 5.41) is 8.25. The molecule has 2 N–H and O–H groups in total. The molecule has 2 amide bonds. The average molecular weight is 378 g/mol. The third kappa shape index (κ3) is 4.46. The Labute approximate surface area is 155 Å². The van der Waals surface area contributed by atoms with Gasteiger partial charge < -0.3 is 10.6 Å². The maximum atomic E-state index is 12.7. The second kappa shape index (κ2) is 8.10. The summed E-state index contributed by atoms with van der Waals surface area (Å²) >= 11 is 2.94. The van der Waals surface area contributed by atoms with E-state index >= 15 is 0 Å². The van der Waals surface area contributed by atoms with Crippen LogP contribution in [-0.2, 0) is 17.6 Å². The molecule has 3 rings (SSSR count). The molecule has 0 fully saturated rings. The van der Waals surface area contributed by atoms with Gasteiger partial charge in [0.25, 0.3) is 5.91 Å². The molecule has 0 aliphatic heterocycles. The van der Waals surface area contributed by atoms with Gasteiger partial charge in [0.15, 0.2) is 5.13 Å². The highest BCUT2D eigenvalue weighted by atomic mass is 32.1. The van der Waals surface area contributed by atoms with Crippen molar-refractivity contribution in [3.05, 3.63) is 33.0 Å². The van der Waals surface area contributed by atoms with E-state index in [9.17, 15) is 9.59 Å². The normalized spacial score (nSPS) is 15.3. The van der Waals surface area contributed by atoms with Crippen LogP contribution in [-0.4, -0.2) is 22.8 Å². The standard InChI is InChI=1S/C18H23N3O2S2/c1-11(2)15(20-16(22)14-9-6-10-24-14)17(23)21-18-19-12-7-4-3-5-8-13(12)25-18/h6,9-11,15H,3-5,7-8H2,1-2H3,(H,20,22)(H,19,21,23). The van der Waals surface area contributed by atoms with Crippen molar-refractivity contribution in [2.75, 3.05) is 5.32 Å². The maximum absolute atomic E-state index is 12.7. The van der Waals surface area contributed by atoms with Gasteiger partial charge in [0.1, 0.15) is 6.04 Å². The number of aromatic nitrogens is 1. The predicted octanol–water partition coefficient (Wildman–Crippen LogP) is 3.87. The van der Waals surface area contributed by atoms with Crippen LogP contribution >= 0.6 is 22.7 Å². The highest BCUT2D eigenvalue weighted by Gasteiger charge is 2.26. The lowest BCUT2D eigenvalue weighted by Crippen LogP contribution is -2.46. The second-order valence-corrected chi connectivity index (χ2v) is 8.64. The number of rotatable bonds is 5. The van der Waals surface area contributed by atoms with Gasteiger partial charge in [-0.3, -0.25) is 9.59 Å². The number of carbonyl (C=O) groups is 2. The average Bonchev–Trinajstić information content (AvgIpc) is 3.18. The Morgan fingerprint density at radius 2 is 2.00 bits per heavy atom. The van der Waals surface area contributed by atoms with Gasteiger partial charge in [-0.05, 0) is 43.0 Å². The number of thiazole rings is 1. The van der Waals surface area contributed by atoms with Crippen LogP contribution in [0.25, 0.3) is 0 Å². The van der Waals surface area contributed by atoms with Crippen LogP contribution in [0.2, 0.25) is 0 Å². The Morgan fingerprint density at radius 1 is 1.20 bits per heavy atom. The Bertz CT molecular complexity index is 714. The van der Waals surface area contributed by atoms with Crippen LogP contribution in [0, 0.1) is 5.92 Å². The van der Waals surface area contributed by atoms with Crippen molar-refractivity contribution in [2.24, 2.45) is 5.92 Å². The molecule has 1 aliphatic carbocycles. The molecule has 134 valence electrons. The minimum Gasteiger partial charge on any atom is -0.339 e. The summed E-state index contributed by atoms with van der Waals surface area (Å²) < 4.78 is 0. The highest BCUT2D eigenvalue weighted by molar-refractivity contribution is 7.15. The van der Waals surface area contributed by atoms with Crippen LogP contribution < -0.4 is 10.6 Å². The largest absolute Gasteiger partial charge is 0.339 e. The number of nitrogens with one attached hydrogen (secondary N) is 2. The molecule has 1 aliphatic rings. The minimum atomic E-state index is -0.585. The van der Waals surface area contributed by atoms with Crippen molar-refractivity contribution in [3.8, 4) is 0 Å². The Hall–Kier alpha value is -1.73. The SMILES string of the molecule is CC(C)C(NC(=O)c1cccs1)C(=O)Nc1nc2c(s1)CCCCC2. The molecule has 2 aromatic heterocycles. The van der Waals surface area contributed by atoms with E-state index < -0.39 is 6.04 Å². The molecule has 0 saturated heterocycles. The van der Waals surface area contributed by atoms with Crippen LogP contribution in [0.4, 0.5) is 5.13 Å². The summed E-state index contributed by atoms with van der Waals surface area (Å²) in [6.07, 6.45) is 5.63. The predicted molar refractivity (Wildman–Crippen MR) is 102 cm³/mol. The fourth-order valence-electron chi connectivity index (χ4n) is 2.92. The van der Waals surface area contributed by atoms with Crippen molar-refractivity contribution >= 4 is 39.6 Å².